The van der Waals surface area contributed by atoms with Gasteiger partial charge in [-0.3, -0.25) is 14.5 Å². The van der Waals surface area contributed by atoms with Gasteiger partial charge in [-0.25, -0.2) is 0 Å². The SMILES string of the molecule is CCOCCCN1C(=O)C(=Cc2c(N3CCSCC3)c3ccccc3n(CC)c2=O)SC1=S. The fraction of sp³-hybridized carbons (Fsp3) is 0.458. The highest BCUT2D eigenvalue weighted by molar-refractivity contribution is 8.26. The number of hydrogen-bond donors (Lipinski definition) is 0. The van der Waals surface area contributed by atoms with E-state index in [0.717, 1.165) is 47.6 Å². The van der Waals surface area contributed by atoms with Gasteiger partial charge in [0.2, 0.25) is 0 Å². The van der Waals surface area contributed by atoms with E-state index in [2.05, 4.69) is 11.0 Å². The number of ether oxygens (including phenoxy) is 1. The van der Waals surface area contributed by atoms with Crippen LogP contribution in [0, 0.1) is 0 Å². The van der Waals surface area contributed by atoms with Crippen molar-refractivity contribution in [2.75, 3.05) is 49.3 Å². The monoisotopic (exact) mass is 503 g/mol. The van der Waals surface area contributed by atoms with Crippen LogP contribution in [0.5, 0.6) is 0 Å². The molecule has 0 N–H and O–H groups in total. The maximum Gasteiger partial charge on any atom is 0.266 e. The van der Waals surface area contributed by atoms with Crippen LogP contribution in [-0.4, -0.2) is 64.0 Å². The van der Waals surface area contributed by atoms with E-state index in [1.165, 1.54) is 11.8 Å². The van der Waals surface area contributed by atoms with Crippen molar-refractivity contribution in [2.24, 2.45) is 0 Å². The number of carbonyl (C=O) groups excluding carboxylic acids is 1. The summed E-state index contributed by atoms with van der Waals surface area (Å²) in [6, 6.07) is 8.06. The Labute approximate surface area is 208 Å². The first kappa shape index (κ1) is 24.3. The van der Waals surface area contributed by atoms with Crippen molar-refractivity contribution in [1.82, 2.24) is 9.47 Å². The second-order valence-electron chi connectivity index (χ2n) is 7.81. The van der Waals surface area contributed by atoms with E-state index in [4.69, 9.17) is 17.0 Å². The summed E-state index contributed by atoms with van der Waals surface area (Å²) in [5.41, 5.74) is 2.38. The molecule has 2 aliphatic heterocycles. The van der Waals surface area contributed by atoms with E-state index < -0.39 is 0 Å². The minimum absolute atomic E-state index is 0.0639. The minimum Gasteiger partial charge on any atom is -0.382 e. The molecule has 33 heavy (non-hydrogen) atoms. The number of thiocarbonyl (C=S) groups is 1. The molecule has 1 aromatic heterocycles. The number of para-hydroxylation sites is 1. The van der Waals surface area contributed by atoms with Gasteiger partial charge in [0, 0.05) is 56.3 Å². The summed E-state index contributed by atoms with van der Waals surface area (Å²) in [6.07, 6.45) is 2.50. The molecule has 0 aliphatic carbocycles. The maximum absolute atomic E-state index is 13.7. The van der Waals surface area contributed by atoms with E-state index in [1.807, 2.05) is 43.8 Å². The highest BCUT2D eigenvalue weighted by atomic mass is 32.2. The fourth-order valence-electron chi connectivity index (χ4n) is 4.28. The highest BCUT2D eigenvalue weighted by Crippen LogP contribution is 2.36. The maximum atomic E-state index is 13.7. The summed E-state index contributed by atoms with van der Waals surface area (Å²) in [4.78, 5) is 31.3. The van der Waals surface area contributed by atoms with Crippen LogP contribution in [0.2, 0.25) is 0 Å². The van der Waals surface area contributed by atoms with Gasteiger partial charge in [-0.05, 0) is 32.4 Å². The average molecular weight is 504 g/mol. The second kappa shape index (κ2) is 11.1. The minimum atomic E-state index is -0.128. The third-order valence-electron chi connectivity index (χ3n) is 5.85. The van der Waals surface area contributed by atoms with E-state index in [0.29, 0.717) is 41.1 Å². The summed E-state index contributed by atoms with van der Waals surface area (Å²) < 4.78 is 7.73. The van der Waals surface area contributed by atoms with Crippen molar-refractivity contribution in [2.45, 2.75) is 26.8 Å². The molecule has 3 heterocycles. The van der Waals surface area contributed by atoms with Gasteiger partial charge in [-0.15, -0.1) is 0 Å². The number of carbonyl (C=O) groups is 1. The van der Waals surface area contributed by atoms with Crippen LogP contribution in [0.25, 0.3) is 17.0 Å². The summed E-state index contributed by atoms with van der Waals surface area (Å²) in [6.45, 7) is 8.02. The smallest absolute Gasteiger partial charge is 0.266 e. The summed E-state index contributed by atoms with van der Waals surface area (Å²) in [5.74, 6) is 1.91. The first-order valence-electron chi connectivity index (χ1n) is 11.4. The van der Waals surface area contributed by atoms with Gasteiger partial charge in [-0.2, -0.15) is 11.8 Å². The topological polar surface area (TPSA) is 54.8 Å². The lowest BCUT2D eigenvalue weighted by molar-refractivity contribution is -0.122. The predicted molar refractivity (Wildman–Crippen MR) is 144 cm³/mol. The molecule has 1 amide bonds. The van der Waals surface area contributed by atoms with Crippen molar-refractivity contribution >= 4 is 68.6 Å². The van der Waals surface area contributed by atoms with Crippen molar-refractivity contribution in [3.63, 3.8) is 0 Å². The molecule has 2 aromatic rings. The van der Waals surface area contributed by atoms with Crippen molar-refractivity contribution in [3.05, 3.63) is 45.1 Å². The average Bonchev–Trinajstić information content (AvgIpc) is 3.10. The van der Waals surface area contributed by atoms with Gasteiger partial charge < -0.3 is 14.2 Å². The third-order valence-corrected chi connectivity index (χ3v) is 8.17. The molecular formula is C24H29N3O3S3. The molecule has 4 rings (SSSR count). The molecule has 9 heteroatoms. The number of nitrogens with zero attached hydrogens (tertiary/aromatic N) is 3. The molecule has 0 bridgehead atoms. The molecule has 2 aliphatic rings. The van der Waals surface area contributed by atoms with Gasteiger partial charge in [0.1, 0.15) is 4.32 Å². The lowest BCUT2D eigenvalue weighted by Crippen LogP contribution is -2.36. The number of anilines is 1. The highest BCUT2D eigenvalue weighted by Gasteiger charge is 2.33. The molecule has 0 spiro atoms. The largest absolute Gasteiger partial charge is 0.382 e. The number of rotatable bonds is 8. The van der Waals surface area contributed by atoms with Crippen LogP contribution in [0.4, 0.5) is 5.69 Å². The first-order valence-corrected chi connectivity index (χ1v) is 13.8. The number of hydrogen-bond acceptors (Lipinski definition) is 7. The van der Waals surface area contributed by atoms with Gasteiger partial charge in [0.25, 0.3) is 11.5 Å². The molecule has 0 unspecified atom stereocenters. The van der Waals surface area contributed by atoms with Gasteiger partial charge in [-0.1, -0.05) is 42.2 Å². The van der Waals surface area contributed by atoms with E-state index in [-0.39, 0.29) is 11.5 Å². The Morgan fingerprint density at radius 1 is 1.15 bits per heavy atom. The van der Waals surface area contributed by atoms with Crippen LogP contribution in [0.3, 0.4) is 0 Å². The van der Waals surface area contributed by atoms with Gasteiger partial charge >= 0.3 is 0 Å². The van der Waals surface area contributed by atoms with E-state index in [9.17, 15) is 9.59 Å². The third kappa shape index (κ3) is 5.01. The molecule has 0 atom stereocenters. The number of aryl methyl sites for hydroxylation is 1. The normalized spacial score (nSPS) is 18.2. The predicted octanol–water partition coefficient (Wildman–Crippen LogP) is 4.20. The molecule has 2 fully saturated rings. The standard InChI is InChI=1S/C24H29N3O3S3/c1-3-26-19-9-6-5-8-17(19)21(25-11-14-32-15-12-25)18(22(26)28)16-20-23(29)27(24(31)33-20)10-7-13-30-4-2/h5-6,8-9,16H,3-4,7,10-15H2,1-2H3. The number of aromatic nitrogens is 1. The van der Waals surface area contributed by atoms with Crippen LogP contribution < -0.4 is 10.5 Å². The van der Waals surface area contributed by atoms with E-state index in [1.54, 1.807) is 15.5 Å². The van der Waals surface area contributed by atoms with Crippen LogP contribution in [0.1, 0.15) is 25.8 Å². The Kier molecular flexibility index (Phi) is 8.16. The van der Waals surface area contributed by atoms with Crippen molar-refractivity contribution in [3.8, 4) is 0 Å². The van der Waals surface area contributed by atoms with E-state index >= 15 is 0 Å². The quantitative estimate of drug-likeness (QED) is 0.304. The molecule has 6 nitrogen and oxygen atoms in total. The Hall–Kier alpha value is -1.81. The second-order valence-corrected chi connectivity index (χ2v) is 10.7. The zero-order valence-corrected chi connectivity index (χ0v) is 21.5. The van der Waals surface area contributed by atoms with Crippen molar-refractivity contribution in [1.29, 1.82) is 0 Å². The Balaban J connectivity index is 1.79. The van der Waals surface area contributed by atoms with Crippen LogP contribution in [0.15, 0.2) is 34.0 Å². The summed E-state index contributed by atoms with van der Waals surface area (Å²) in [5, 5.41) is 1.05. The molecule has 2 saturated heterocycles. The Morgan fingerprint density at radius 3 is 2.64 bits per heavy atom. The number of fused-ring (bicyclic) bond motifs is 1. The Morgan fingerprint density at radius 2 is 1.91 bits per heavy atom. The fourth-order valence-corrected chi connectivity index (χ4v) is 6.47. The zero-order chi connectivity index (χ0) is 23.4. The number of thioether (sulfide) groups is 2. The van der Waals surface area contributed by atoms with Crippen LogP contribution in [-0.2, 0) is 16.1 Å². The lowest BCUT2D eigenvalue weighted by Gasteiger charge is -2.31. The molecule has 0 saturated carbocycles. The van der Waals surface area contributed by atoms with Gasteiger partial charge in [0.05, 0.1) is 21.7 Å². The number of amides is 1. The molecule has 0 radical (unpaired) electrons. The molecule has 1 aromatic carbocycles. The molecular weight excluding hydrogens is 474 g/mol. The summed E-state index contributed by atoms with van der Waals surface area (Å²) >= 11 is 8.70. The first-order chi connectivity index (χ1) is 16.1. The number of benzene rings is 1. The zero-order valence-electron chi connectivity index (χ0n) is 19.0. The number of pyridine rings is 1. The lowest BCUT2D eigenvalue weighted by atomic mass is 10.1. The summed E-state index contributed by atoms with van der Waals surface area (Å²) in [7, 11) is 0. The van der Waals surface area contributed by atoms with Crippen LogP contribution >= 0.6 is 35.7 Å². The molecule has 176 valence electrons. The Bertz CT molecular complexity index is 1140. The van der Waals surface area contributed by atoms with Crippen molar-refractivity contribution < 1.29 is 9.53 Å². The van der Waals surface area contributed by atoms with Gasteiger partial charge in [0.15, 0.2) is 0 Å².